The molecular formula is C38H23N3. The molecule has 0 radical (unpaired) electrons. The lowest BCUT2D eigenvalue weighted by Crippen LogP contribution is -2.02. The second-order valence-corrected chi connectivity index (χ2v) is 10.6. The van der Waals surface area contributed by atoms with Crippen molar-refractivity contribution in [3.05, 3.63) is 140 Å². The zero-order chi connectivity index (χ0) is 26.9. The molecule has 0 unspecified atom stereocenters. The van der Waals surface area contributed by atoms with Crippen molar-refractivity contribution in [1.82, 2.24) is 14.5 Å². The van der Waals surface area contributed by atoms with Gasteiger partial charge in [-0.2, -0.15) is 0 Å². The van der Waals surface area contributed by atoms with Crippen molar-refractivity contribution in [3.8, 4) is 50.6 Å². The summed E-state index contributed by atoms with van der Waals surface area (Å²) in [7, 11) is 0. The lowest BCUT2D eigenvalue weighted by Gasteiger charge is -2.10. The predicted molar refractivity (Wildman–Crippen MR) is 169 cm³/mol. The van der Waals surface area contributed by atoms with Crippen LogP contribution in [0, 0.1) is 0 Å². The van der Waals surface area contributed by atoms with Gasteiger partial charge in [0.05, 0.1) is 22.2 Å². The molecule has 3 heteroatoms. The molecule has 0 spiro atoms. The third-order valence-electron chi connectivity index (χ3n) is 8.36. The molecule has 190 valence electrons. The Hall–Kier alpha value is -5.54. The maximum atomic E-state index is 5.23. The molecule has 0 amide bonds. The summed E-state index contributed by atoms with van der Waals surface area (Å²) in [5.74, 6) is 0.700. The van der Waals surface area contributed by atoms with E-state index in [-0.39, 0.29) is 0 Å². The van der Waals surface area contributed by atoms with Gasteiger partial charge >= 0.3 is 0 Å². The van der Waals surface area contributed by atoms with E-state index in [9.17, 15) is 0 Å². The Morgan fingerprint density at radius 3 is 1.98 bits per heavy atom. The van der Waals surface area contributed by atoms with Crippen molar-refractivity contribution in [2.24, 2.45) is 0 Å². The molecule has 6 aromatic carbocycles. The summed E-state index contributed by atoms with van der Waals surface area (Å²) in [6.45, 7) is 0. The number of fused-ring (bicyclic) bond motifs is 6. The van der Waals surface area contributed by atoms with E-state index >= 15 is 0 Å². The molecule has 8 aromatic rings. The van der Waals surface area contributed by atoms with Crippen molar-refractivity contribution >= 4 is 32.7 Å². The fourth-order valence-corrected chi connectivity index (χ4v) is 6.49. The SMILES string of the molecule is c1ccc(-c2cccc(-c3ccc4c(c3)c3ccccc3n4-c3nc4c5c(cccc5n3)-c3ccccc3-4)c2)cc1. The van der Waals surface area contributed by atoms with Crippen LogP contribution in [0.1, 0.15) is 0 Å². The van der Waals surface area contributed by atoms with E-state index in [1.807, 2.05) is 0 Å². The summed E-state index contributed by atoms with van der Waals surface area (Å²) in [6.07, 6.45) is 0. The number of hydrogen-bond donors (Lipinski definition) is 0. The summed E-state index contributed by atoms with van der Waals surface area (Å²) in [5.41, 5.74) is 12.6. The van der Waals surface area contributed by atoms with E-state index in [2.05, 4.69) is 144 Å². The highest BCUT2D eigenvalue weighted by Gasteiger charge is 2.25. The first-order valence-electron chi connectivity index (χ1n) is 13.9. The van der Waals surface area contributed by atoms with Gasteiger partial charge in [-0.25, -0.2) is 9.97 Å². The number of hydrogen-bond acceptors (Lipinski definition) is 2. The van der Waals surface area contributed by atoms with Gasteiger partial charge < -0.3 is 0 Å². The first kappa shape index (κ1) is 22.3. The summed E-state index contributed by atoms with van der Waals surface area (Å²) in [5, 5.41) is 3.52. The molecule has 0 atom stereocenters. The first-order chi connectivity index (χ1) is 20.3. The van der Waals surface area contributed by atoms with Crippen LogP contribution in [-0.2, 0) is 0 Å². The fourth-order valence-electron chi connectivity index (χ4n) is 6.49. The van der Waals surface area contributed by atoms with Crippen LogP contribution in [0.5, 0.6) is 0 Å². The molecule has 9 rings (SSSR count). The maximum absolute atomic E-state index is 5.23. The van der Waals surface area contributed by atoms with Crippen LogP contribution in [0.25, 0.3) is 83.3 Å². The molecule has 2 heterocycles. The molecule has 1 aliphatic rings. The quantitative estimate of drug-likeness (QED) is 0.232. The van der Waals surface area contributed by atoms with Crippen molar-refractivity contribution in [1.29, 1.82) is 0 Å². The summed E-state index contributed by atoms with van der Waals surface area (Å²) >= 11 is 0. The van der Waals surface area contributed by atoms with E-state index in [0.717, 1.165) is 27.6 Å². The van der Waals surface area contributed by atoms with Crippen molar-refractivity contribution in [2.75, 3.05) is 0 Å². The Morgan fingerprint density at radius 2 is 1.07 bits per heavy atom. The Morgan fingerprint density at radius 1 is 0.415 bits per heavy atom. The van der Waals surface area contributed by atoms with Gasteiger partial charge in [0, 0.05) is 21.7 Å². The van der Waals surface area contributed by atoms with Gasteiger partial charge in [0.25, 0.3) is 0 Å². The molecule has 3 nitrogen and oxygen atoms in total. The maximum Gasteiger partial charge on any atom is 0.235 e. The number of nitrogens with zero attached hydrogens (tertiary/aromatic N) is 3. The van der Waals surface area contributed by atoms with Crippen LogP contribution in [0.2, 0.25) is 0 Å². The number of para-hydroxylation sites is 1. The Bertz CT molecular complexity index is 2310. The number of rotatable bonds is 3. The molecule has 0 N–H and O–H groups in total. The normalized spacial score (nSPS) is 11.9. The first-order valence-corrected chi connectivity index (χ1v) is 13.9. The summed E-state index contributed by atoms with van der Waals surface area (Å²) in [6, 6.07) is 49.6. The van der Waals surface area contributed by atoms with Gasteiger partial charge in [-0.15, -0.1) is 0 Å². The zero-order valence-corrected chi connectivity index (χ0v) is 22.1. The molecular weight excluding hydrogens is 498 g/mol. The molecule has 0 aliphatic heterocycles. The van der Waals surface area contributed by atoms with Crippen molar-refractivity contribution in [3.63, 3.8) is 0 Å². The third-order valence-corrected chi connectivity index (χ3v) is 8.36. The third kappa shape index (κ3) is 3.26. The highest BCUT2D eigenvalue weighted by Crippen LogP contribution is 2.46. The van der Waals surface area contributed by atoms with Gasteiger partial charge in [0.2, 0.25) is 5.95 Å². The monoisotopic (exact) mass is 521 g/mol. The lowest BCUT2D eigenvalue weighted by atomic mass is 9.98. The highest BCUT2D eigenvalue weighted by molar-refractivity contribution is 6.14. The van der Waals surface area contributed by atoms with E-state index in [1.54, 1.807) is 0 Å². The topological polar surface area (TPSA) is 30.7 Å². The number of benzene rings is 6. The van der Waals surface area contributed by atoms with Crippen LogP contribution in [0.15, 0.2) is 140 Å². The van der Waals surface area contributed by atoms with Crippen LogP contribution in [-0.4, -0.2) is 14.5 Å². The molecule has 0 saturated heterocycles. The van der Waals surface area contributed by atoms with Crippen LogP contribution < -0.4 is 0 Å². The Balaban J connectivity index is 1.27. The largest absolute Gasteiger partial charge is 0.278 e. The predicted octanol–water partition coefficient (Wildman–Crippen LogP) is 9.71. The van der Waals surface area contributed by atoms with Gasteiger partial charge in [-0.1, -0.05) is 109 Å². The second-order valence-electron chi connectivity index (χ2n) is 10.6. The molecule has 0 bridgehead atoms. The molecule has 0 fully saturated rings. The number of aromatic nitrogens is 3. The van der Waals surface area contributed by atoms with E-state index in [1.165, 1.54) is 49.7 Å². The molecule has 2 aromatic heterocycles. The second kappa shape index (κ2) is 8.48. The van der Waals surface area contributed by atoms with Crippen LogP contribution in [0.4, 0.5) is 0 Å². The molecule has 0 saturated carbocycles. The van der Waals surface area contributed by atoms with Crippen molar-refractivity contribution < 1.29 is 0 Å². The average molecular weight is 522 g/mol. The van der Waals surface area contributed by atoms with E-state index in [0.29, 0.717) is 5.95 Å². The molecule has 41 heavy (non-hydrogen) atoms. The van der Waals surface area contributed by atoms with Crippen molar-refractivity contribution in [2.45, 2.75) is 0 Å². The minimum atomic E-state index is 0.700. The lowest BCUT2D eigenvalue weighted by molar-refractivity contribution is 1.02. The smallest absolute Gasteiger partial charge is 0.235 e. The van der Waals surface area contributed by atoms with Gasteiger partial charge in [-0.05, 0) is 63.7 Å². The van der Waals surface area contributed by atoms with Gasteiger partial charge in [0.1, 0.15) is 0 Å². The average Bonchev–Trinajstić information content (AvgIpc) is 3.55. The Labute approximate surface area is 237 Å². The van der Waals surface area contributed by atoms with Crippen LogP contribution >= 0.6 is 0 Å². The zero-order valence-electron chi connectivity index (χ0n) is 22.1. The molecule has 1 aliphatic carbocycles. The summed E-state index contributed by atoms with van der Waals surface area (Å²) < 4.78 is 2.22. The fraction of sp³-hybridized carbons (Fsp3) is 0. The van der Waals surface area contributed by atoms with E-state index < -0.39 is 0 Å². The van der Waals surface area contributed by atoms with Gasteiger partial charge in [-0.3, -0.25) is 4.57 Å². The van der Waals surface area contributed by atoms with E-state index in [4.69, 9.17) is 9.97 Å². The summed E-state index contributed by atoms with van der Waals surface area (Å²) in [4.78, 5) is 10.4. The minimum Gasteiger partial charge on any atom is -0.278 e. The van der Waals surface area contributed by atoms with Gasteiger partial charge in [0.15, 0.2) is 0 Å². The minimum absolute atomic E-state index is 0.700. The van der Waals surface area contributed by atoms with Crippen LogP contribution in [0.3, 0.4) is 0 Å². The highest BCUT2D eigenvalue weighted by atomic mass is 15.2. The standard InChI is InChI=1S/C38H23N3/c1-2-10-24(11-3-1)25-12-8-13-26(22-25)27-20-21-35-32(23-27)29-15-6-7-19-34(29)41(35)38-39-33-18-9-17-30-28-14-4-5-16-31(28)37(40-38)36(30)33/h1-23H. The Kier molecular flexibility index (Phi) is 4.61.